The van der Waals surface area contributed by atoms with E-state index in [-0.39, 0.29) is 11.7 Å². The van der Waals surface area contributed by atoms with Crippen molar-refractivity contribution in [2.45, 2.75) is 18.9 Å². The zero-order chi connectivity index (χ0) is 16.2. The third-order valence-corrected chi connectivity index (χ3v) is 4.45. The van der Waals surface area contributed by atoms with Crippen LogP contribution in [0.15, 0.2) is 40.3 Å². The third kappa shape index (κ3) is 3.26. The highest BCUT2D eigenvalue weighted by molar-refractivity contribution is 7.12. The van der Waals surface area contributed by atoms with Crippen LogP contribution < -0.4 is 10.9 Å². The molecule has 0 bridgehead atoms. The van der Waals surface area contributed by atoms with Gasteiger partial charge < -0.3 is 9.32 Å². The molecule has 1 aliphatic heterocycles. The smallest absolute Gasteiger partial charge is 0.305 e. The molecule has 0 saturated carbocycles. The number of carbonyl (C=O) groups is 3. The lowest BCUT2D eigenvalue weighted by Crippen LogP contribution is -2.51. The van der Waals surface area contributed by atoms with Crippen LogP contribution in [0, 0.1) is 0 Å². The van der Waals surface area contributed by atoms with Crippen molar-refractivity contribution in [2.24, 2.45) is 0 Å². The van der Waals surface area contributed by atoms with Gasteiger partial charge in [0.1, 0.15) is 6.04 Å². The molecule has 1 aliphatic rings. The number of nitrogens with one attached hydrogen (secondary N) is 2. The summed E-state index contributed by atoms with van der Waals surface area (Å²) >= 11 is 1.34. The van der Waals surface area contributed by atoms with Gasteiger partial charge in [0.2, 0.25) is 0 Å². The maximum absolute atomic E-state index is 12.4. The molecule has 7 nitrogen and oxygen atoms in total. The summed E-state index contributed by atoms with van der Waals surface area (Å²) in [5, 5.41) is 1.82. The first-order valence-electron chi connectivity index (χ1n) is 7.15. The Bertz CT molecular complexity index is 696. The summed E-state index contributed by atoms with van der Waals surface area (Å²) < 4.78 is 4.93. The molecule has 23 heavy (non-hydrogen) atoms. The normalized spacial score (nSPS) is 17.0. The minimum Gasteiger partial charge on any atom is -0.459 e. The van der Waals surface area contributed by atoms with Gasteiger partial charge >= 0.3 is 5.91 Å². The van der Waals surface area contributed by atoms with E-state index in [1.54, 1.807) is 23.1 Å². The molecule has 8 heteroatoms. The second-order valence-corrected chi connectivity index (χ2v) is 6.00. The number of rotatable bonds is 3. The van der Waals surface area contributed by atoms with Gasteiger partial charge in [-0.1, -0.05) is 6.07 Å². The van der Waals surface area contributed by atoms with Crippen LogP contribution in [0.1, 0.15) is 33.1 Å². The Labute approximate surface area is 136 Å². The topological polar surface area (TPSA) is 91.7 Å². The molecule has 1 fully saturated rings. The molecule has 3 rings (SSSR count). The Morgan fingerprint density at radius 3 is 2.78 bits per heavy atom. The molecule has 120 valence electrons. The number of thiophene rings is 1. The van der Waals surface area contributed by atoms with Crippen LogP contribution in [-0.4, -0.2) is 35.2 Å². The van der Waals surface area contributed by atoms with Gasteiger partial charge in [-0.25, -0.2) is 0 Å². The van der Waals surface area contributed by atoms with Crippen LogP contribution in [-0.2, 0) is 4.79 Å². The fraction of sp³-hybridized carbons (Fsp3) is 0.267. The fourth-order valence-corrected chi connectivity index (χ4v) is 3.17. The summed E-state index contributed by atoms with van der Waals surface area (Å²) in [5.74, 6) is -1.01. The van der Waals surface area contributed by atoms with Gasteiger partial charge in [0.15, 0.2) is 5.76 Å². The first-order valence-corrected chi connectivity index (χ1v) is 8.03. The summed E-state index contributed by atoms with van der Waals surface area (Å²) in [7, 11) is 0. The Morgan fingerprint density at radius 1 is 1.22 bits per heavy atom. The van der Waals surface area contributed by atoms with Gasteiger partial charge in [-0.15, -0.1) is 11.3 Å². The van der Waals surface area contributed by atoms with E-state index in [1.165, 1.54) is 23.7 Å². The van der Waals surface area contributed by atoms with Crippen molar-refractivity contribution >= 4 is 29.1 Å². The van der Waals surface area contributed by atoms with E-state index in [1.807, 2.05) is 5.38 Å². The molecule has 1 saturated heterocycles. The number of hydrazine groups is 1. The van der Waals surface area contributed by atoms with Gasteiger partial charge in [-0.2, -0.15) is 0 Å². The molecule has 2 N–H and O–H groups in total. The molecule has 0 radical (unpaired) electrons. The van der Waals surface area contributed by atoms with E-state index in [0.717, 1.165) is 6.42 Å². The summed E-state index contributed by atoms with van der Waals surface area (Å²) in [6.07, 6.45) is 2.69. The van der Waals surface area contributed by atoms with E-state index in [9.17, 15) is 14.4 Å². The minimum absolute atomic E-state index is 0.100. The van der Waals surface area contributed by atoms with Crippen molar-refractivity contribution in [3.63, 3.8) is 0 Å². The van der Waals surface area contributed by atoms with Gasteiger partial charge in [0.25, 0.3) is 11.8 Å². The van der Waals surface area contributed by atoms with Crippen LogP contribution in [0.2, 0.25) is 0 Å². The molecule has 0 aliphatic carbocycles. The minimum atomic E-state index is -0.582. The monoisotopic (exact) mass is 333 g/mol. The average molecular weight is 333 g/mol. The Morgan fingerprint density at radius 2 is 2.09 bits per heavy atom. The zero-order valence-electron chi connectivity index (χ0n) is 12.2. The quantitative estimate of drug-likeness (QED) is 0.831. The van der Waals surface area contributed by atoms with E-state index >= 15 is 0 Å². The number of likely N-dealkylation sites (tertiary alicyclic amines) is 1. The van der Waals surface area contributed by atoms with Crippen LogP contribution in [0.25, 0.3) is 0 Å². The standard InChI is InChI=1S/C15H15N3O4S/c19-13(16-17-14(20)11-5-2-8-22-11)10-4-1-7-18(10)15(21)12-6-3-9-23-12/h2-3,5-6,8-10H,1,4,7H2,(H,16,19)(H,17,20)/t10-/m0/s1. The van der Waals surface area contributed by atoms with Gasteiger partial charge in [0, 0.05) is 6.54 Å². The molecule has 2 aromatic heterocycles. The second kappa shape index (κ2) is 6.66. The lowest BCUT2D eigenvalue weighted by molar-refractivity contribution is -0.125. The first kappa shape index (κ1) is 15.3. The van der Waals surface area contributed by atoms with Crippen LogP contribution in [0.5, 0.6) is 0 Å². The van der Waals surface area contributed by atoms with Crippen molar-refractivity contribution in [1.29, 1.82) is 0 Å². The number of carbonyl (C=O) groups excluding carboxylic acids is 3. The lowest BCUT2D eigenvalue weighted by Gasteiger charge is -2.23. The number of furan rings is 1. The molecule has 0 aromatic carbocycles. The maximum atomic E-state index is 12.4. The molecule has 3 heterocycles. The van der Waals surface area contributed by atoms with E-state index in [2.05, 4.69) is 10.9 Å². The maximum Gasteiger partial charge on any atom is 0.305 e. The Balaban J connectivity index is 1.60. The average Bonchev–Trinajstić information content (AvgIpc) is 3.33. The second-order valence-electron chi connectivity index (χ2n) is 5.05. The third-order valence-electron chi connectivity index (χ3n) is 3.59. The molecule has 2 aromatic rings. The van der Waals surface area contributed by atoms with E-state index < -0.39 is 17.9 Å². The molecule has 0 unspecified atom stereocenters. The summed E-state index contributed by atoms with van der Waals surface area (Å²) in [6.45, 7) is 0.529. The summed E-state index contributed by atoms with van der Waals surface area (Å²) in [6, 6.07) is 6.02. The first-order chi connectivity index (χ1) is 11.2. The number of nitrogens with zero attached hydrogens (tertiary/aromatic N) is 1. The van der Waals surface area contributed by atoms with Gasteiger partial charge in [-0.3, -0.25) is 25.2 Å². The van der Waals surface area contributed by atoms with Gasteiger partial charge in [0.05, 0.1) is 11.1 Å². The predicted molar refractivity (Wildman–Crippen MR) is 82.7 cm³/mol. The van der Waals surface area contributed by atoms with Crippen molar-refractivity contribution in [2.75, 3.05) is 6.54 Å². The fourth-order valence-electron chi connectivity index (χ4n) is 2.50. The highest BCUT2D eigenvalue weighted by Gasteiger charge is 2.35. The molecule has 3 amide bonds. The summed E-state index contributed by atoms with van der Waals surface area (Å²) in [4.78, 5) is 38.5. The van der Waals surface area contributed by atoms with Gasteiger partial charge in [-0.05, 0) is 36.4 Å². The Hall–Kier alpha value is -2.61. The van der Waals surface area contributed by atoms with Crippen LogP contribution in [0.3, 0.4) is 0 Å². The summed E-state index contributed by atoms with van der Waals surface area (Å²) in [5.41, 5.74) is 4.64. The van der Waals surface area contributed by atoms with E-state index in [4.69, 9.17) is 4.42 Å². The number of amides is 3. The molecular formula is C15H15N3O4S. The molecule has 1 atom stereocenters. The zero-order valence-corrected chi connectivity index (χ0v) is 13.0. The van der Waals surface area contributed by atoms with Crippen LogP contribution >= 0.6 is 11.3 Å². The number of hydrogen-bond acceptors (Lipinski definition) is 5. The molecule has 0 spiro atoms. The van der Waals surface area contributed by atoms with Crippen molar-refractivity contribution in [3.05, 3.63) is 46.5 Å². The van der Waals surface area contributed by atoms with Crippen molar-refractivity contribution in [3.8, 4) is 0 Å². The predicted octanol–water partition coefficient (Wildman–Crippen LogP) is 1.41. The Kier molecular flexibility index (Phi) is 4.42. The molecular weight excluding hydrogens is 318 g/mol. The number of hydrogen-bond donors (Lipinski definition) is 2. The van der Waals surface area contributed by atoms with Crippen LogP contribution in [0.4, 0.5) is 0 Å². The highest BCUT2D eigenvalue weighted by Crippen LogP contribution is 2.22. The largest absolute Gasteiger partial charge is 0.459 e. The van der Waals surface area contributed by atoms with E-state index in [0.29, 0.717) is 17.8 Å². The lowest BCUT2D eigenvalue weighted by atomic mass is 10.2. The SMILES string of the molecule is O=C(NNC(=O)[C@@H]1CCCN1C(=O)c1cccs1)c1ccco1. The highest BCUT2D eigenvalue weighted by atomic mass is 32.1. The van der Waals surface area contributed by atoms with Crippen molar-refractivity contribution in [1.82, 2.24) is 15.8 Å². The van der Waals surface area contributed by atoms with Crippen molar-refractivity contribution < 1.29 is 18.8 Å².